The van der Waals surface area contributed by atoms with E-state index in [1.807, 2.05) is 24.3 Å². The Labute approximate surface area is 194 Å². The third-order valence-corrected chi connectivity index (χ3v) is 7.51. The Balaban J connectivity index is 1.61. The molecule has 0 unspecified atom stereocenters. The monoisotopic (exact) mass is 484 g/mol. The van der Waals surface area contributed by atoms with Crippen LogP contribution in [0.2, 0.25) is 0 Å². The maximum Gasteiger partial charge on any atom is 0.284 e. The van der Waals surface area contributed by atoms with Crippen LogP contribution in [-0.2, 0) is 6.54 Å². The number of aromatic hydroxyl groups is 1. The van der Waals surface area contributed by atoms with E-state index in [4.69, 9.17) is 4.74 Å². The molecule has 5 N–H and O–H groups in total. The number of nitrogens with zero attached hydrogens (tertiary/aromatic N) is 2. The van der Waals surface area contributed by atoms with Gasteiger partial charge in [0.05, 0.1) is 29.6 Å². The van der Waals surface area contributed by atoms with Gasteiger partial charge in [-0.15, -0.1) is 15.7 Å². The number of hydrogen-bond acceptors (Lipinski definition) is 9. The number of methoxy groups -OCH3 is 1. The lowest BCUT2D eigenvalue weighted by Crippen LogP contribution is -2.35. The van der Waals surface area contributed by atoms with Crippen molar-refractivity contribution in [3.05, 3.63) is 81.5 Å². The van der Waals surface area contributed by atoms with E-state index in [2.05, 4.69) is 15.1 Å². The number of anilines is 1. The summed E-state index contributed by atoms with van der Waals surface area (Å²) in [6, 6.07) is 15.7. The SMILES string of the molecule is COc1cccc(CNn2c(=O)c(C3=NS(O)(O)c4ccccc4N3)c(O)c3sccc32)c1. The Morgan fingerprint density at radius 3 is 2.82 bits per heavy atom. The fourth-order valence-electron chi connectivity index (χ4n) is 3.66. The summed E-state index contributed by atoms with van der Waals surface area (Å²) in [7, 11) is -1.97. The van der Waals surface area contributed by atoms with Crippen molar-refractivity contribution in [1.29, 1.82) is 0 Å². The molecular formula is C22H20N4O5S2. The number of aromatic nitrogens is 1. The van der Waals surface area contributed by atoms with Crippen LogP contribution in [0, 0.1) is 0 Å². The van der Waals surface area contributed by atoms with Gasteiger partial charge in [-0.1, -0.05) is 35.0 Å². The molecule has 0 fully saturated rings. The second-order valence-electron chi connectivity index (χ2n) is 7.27. The maximum atomic E-state index is 13.5. The first-order valence-electron chi connectivity index (χ1n) is 9.85. The summed E-state index contributed by atoms with van der Waals surface area (Å²) in [5.74, 6) is 0.312. The third-order valence-electron chi connectivity index (χ3n) is 5.22. The summed E-state index contributed by atoms with van der Waals surface area (Å²) in [5, 5.41) is 15.7. The van der Waals surface area contributed by atoms with Crippen molar-refractivity contribution >= 4 is 43.9 Å². The van der Waals surface area contributed by atoms with Crippen molar-refractivity contribution in [3.63, 3.8) is 0 Å². The quantitative estimate of drug-likeness (QED) is 0.284. The van der Waals surface area contributed by atoms with Crippen LogP contribution in [0.5, 0.6) is 11.5 Å². The summed E-state index contributed by atoms with van der Waals surface area (Å²) in [5.41, 5.74) is 4.15. The van der Waals surface area contributed by atoms with Gasteiger partial charge in [-0.25, -0.2) is 4.68 Å². The molecule has 170 valence electrons. The third kappa shape index (κ3) is 3.70. The Bertz CT molecular complexity index is 1460. The highest BCUT2D eigenvalue weighted by Crippen LogP contribution is 2.55. The molecule has 11 heteroatoms. The molecule has 2 aromatic carbocycles. The topological polar surface area (TPSA) is 128 Å². The van der Waals surface area contributed by atoms with Crippen LogP contribution in [0.3, 0.4) is 0 Å². The van der Waals surface area contributed by atoms with E-state index in [1.54, 1.807) is 42.8 Å². The molecule has 3 heterocycles. The van der Waals surface area contributed by atoms with Crippen molar-refractivity contribution in [2.45, 2.75) is 11.4 Å². The zero-order valence-corrected chi connectivity index (χ0v) is 19.0. The molecule has 0 atom stereocenters. The van der Waals surface area contributed by atoms with E-state index in [1.165, 1.54) is 16.0 Å². The minimum absolute atomic E-state index is 0.108. The molecule has 5 rings (SSSR count). The van der Waals surface area contributed by atoms with Crippen LogP contribution in [0.1, 0.15) is 11.1 Å². The number of hydrogen-bond donors (Lipinski definition) is 5. The van der Waals surface area contributed by atoms with Gasteiger partial charge in [0, 0.05) is 0 Å². The summed E-state index contributed by atoms with van der Waals surface area (Å²) >= 11 is 1.26. The van der Waals surface area contributed by atoms with Crippen molar-refractivity contribution in [2.24, 2.45) is 4.40 Å². The summed E-state index contributed by atoms with van der Waals surface area (Å²) in [6.07, 6.45) is 0. The van der Waals surface area contributed by atoms with Gasteiger partial charge in [-0.05, 0) is 41.3 Å². The number of thiophene rings is 1. The molecule has 4 aromatic rings. The molecule has 0 bridgehead atoms. The number of fused-ring (bicyclic) bond motifs is 2. The largest absolute Gasteiger partial charge is 0.505 e. The maximum absolute atomic E-state index is 13.5. The first kappa shape index (κ1) is 21.3. The number of rotatable bonds is 5. The molecule has 0 saturated heterocycles. The van der Waals surface area contributed by atoms with E-state index in [9.17, 15) is 19.0 Å². The van der Waals surface area contributed by atoms with Crippen molar-refractivity contribution in [1.82, 2.24) is 4.68 Å². The first-order valence-corrected chi connectivity index (χ1v) is 12.2. The van der Waals surface area contributed by atoms with E-state index < -0.39 is 16.3 Å². The predicted molar refractivity (Wildman–Crippen MR) is 132 cm³/mol. The van der Waals surface area contributed by atoms with Crippen molar-refractivity contribution in [3.8, 4) is 11.5 Å². The van der Waals surface area contributed by atoms with Crippen molar-refractivity contribution in [2.75, 3.05) is 17.9 Å². The van der Waals surface area contributed by atoms with Crippen LogP contribution < -0.4 is 21.0 Å². The number of para-hydroxylation sites is 1. The molecule has 1 aliphatic heterocycles. The minimum atomic E-state index is -3.55. The second kappa shape index (κ2) is 8.12. The Morgan fingerprint density at radius 1 is 1.18 bits per heavy atom. The lowest BCUT2D eigenvalue weighted by atomic mass is 10.2. The van der Waals surface area contributed by atoms with E-state index in [0.29, 0.717) is 28.2 Å². The van der Waals surface area contributed by atoms with Gasteiger partial charge in [0.15, 0.2) is 11.6 Å². The molecule has 0 saturated carbocycles. The summed E-state index contributed by atoms with van der Waals surface area (Å²) in [4.78, 5) is 13.7. The minimum Gasteiger partial charge on any atom is -0.505 e. The standard InChI is InChI=1S/C22H20N4O5S2/c1-31-14-6-4-5-13(11-14)12-23-26-16-9-10-32-20(16)19(27)18(22(26)28)21-24-15-7-2-3-8-17(15)33(29,30)25-21/h2-11,23,27,29-30H,12H2,1H3,(H,24,25). The highest BCUT2D eigenvalue weighted by molar-refractivity contribution is 8.23. The number of amidine groups is 1. The normalized spacial score (nSPS) is 15.3. The molecule has 0 radical (unpaired) electrons. The van der Waals surface area contributed by atoms with E-state index >= 15 is 0 Å². The van der Waals surface area contributed by atoms with Gasteiger partial charge in [0.25, 0.3) is 5.56 Å². The van der Waals surface area contributed by atoms with E-state index in [0.717, 1.165) is 5.56 Å². The molecule has 1 aliphatic rings. The van der Waals surface area contributed by atoms with Crippen LogP contribution in [0.4, 0.5) is 5.69 Å². The number of ether oxygens (including phenoxy) is 1. The van der Waals surface area contributed by atoms with Crippen LogP contribution >= 0.6 is 22.1 Å². The highest BCUT2D eigenvalue weighted by Gasteiger charge is 2.30. The van der Waals surface area contributed by atoms with Gasteiger partial charge >= 0.3 is 0 Å². The molecule has 0 amide bonds. The van der Waals surface area contributed by atoms with Gasteiger partial charge in [-0.3, -0.25) is 13.9 Å². The van der Waals surface area contributed by atoms with Gasteiger partial charge < -0.3 is 20.6 Å². The summed E-state index contributed by atoms with van der Waals surface area (Å²) in [6.45, 7) is 0.310. The molecule has 2 aromatic heterocycles. The fraction of sp³-hybridized carbons (Fsp3) is 0.0909. The Hall–Kier alpha value is -3.51. The lowest BCUT2D eigenvalue weighted by Gasteiger charge is -2.34. The number of benzene rings is 2. The van der Waals surface area contributed by atoms with Crippen molar-refractivity contribution < 1.29 is 18.9 Å². The molecule has 9 nitrogen and oxygen atoms in total. The second-order valence-corrected chi connectivity index (χ2v) is 9.84. The van der Waals surface area contributed by atoms with Crippen LogP contribution in [0.25, 0.3) is 10.2 Å². The van der Waals surface area contributed by atoms with Crippen LogP contribution in [-0.4, -0.2) is 31.8 Å². The zero-order valence-electron chi connectivity index (χ0n) is 17.3. The highest BCUT2D eigenvalue weighted by atomic mass is 32.3. The number of pyridine rings is 1. The van der Waals surface area contributed by atoms with Crippen LogP contribution in [0.15, 0.2) is 74.1 Å². The molecular weight excluding hydrogens is 464 g/mol. The summed E-state index contributed by atoms with van der Waals surface area (Å²) < 4.78 is 32.2. The number of nitrogens with one attached hydrogen (secondary N) is 2. The Morgan fingerprint density at radius 2 is 2.00 bits per heavy atom. The van der Waals surface area contributed by atoms with Gasteiger partial charge in [0.2, 0.25) is 0 Å². The Kier molecular flexibility index (Phi) is 5.25. The predicted octanol–water partition coefficient (Wildman–Crippen LogP) is 4.42. The fourth-order valence-corrected chi connectivity index (χ4v) is 5.65. The molecule has 0 aliphatic carbocycles. The van der Waals surface area contributed by atoms with Gasteiger partial charge in [0.1, 0.15) is 16.2 Å². The lowest BCUT2D eigenvalue weighted by molar-refractivity contribution is 0.414. The van der Waals surface area contributed by atoms with E-state index in [-0.39, 0.29) is 22.0 Å². The molecule has 33 heavy (non-hydrogen) atoms. The smallest absolute Gasteiger partial charge is 0.284 e. The molecule has 0 spiro atoms. The van der Waals surface area contributed by atoms with Gasteiger partial charge in [-0.2, -0.15) is 0 Å². The average Bonchev–Trinajstić information content (AvgIpc) is 3.29. The average molecular weight is 485 g/mol. The zero-order chi connectivity index (χ0) is 23.2. The first-order chi connectivity index (χ1) is 15.9.